The Morgan fingerprint density at radius 1 is 1.03 bits per heavy atom. The Bertz CT molecular complexity index is 1250. The molecule has 5 nitrogen and oxygen atoms in total. The number of benzene rings is 1. The van der Waals surface area contributed by atoms with Gasteiger partial charge < -0.3 is 14.6 Å². The van der Waals surface area contributed by atoms with Crippen molar-refractivity contribution in [3.8, 4) is 11.3 Å². The van der Waals surface area contributed by atoms with Gasteiger partial charge in [0.15, 0.2) is 5.11 Å². The summed E-state index contributed by atoms with van der Waals surface area (Å²) in [7, 11) is 0. The fourth-order valence-corrected chi connectivity index (χ4v) is 4.58. The third-order valence-corrected chi connectivity index (χ3v) is 6.51. The number of furan rings is 1. The highest BCUT2D eigenvalue weighted by molar-refractivity contribution is 7.80. The average molecular weight is 461 g/mol. The van der Waals surface area contributed by atoms with Crippen molar-refractivity contribution in [2.75, 3.05) is 0 Å². The van der Waals surface area contributed by atoms with E-state index in [0.717, 1.165) is 38.9 Å². The predicted octanol–water partition coefficient (Wildman–Crippen LogP) is 5.87. The first-order valence-corrected chi connectivity index (χ1v) is 11.1. The van der Waals surface area contributed by atoms with Gasteiger partial charge in [-0.2, -0.15) is 0 Å². The van der Waals surface area contributed by atoms with Crippen molar-refractivity contribution in [3.63, 3.8) is 0 Å². The highest BCUT2D eigenvalue weighted by Gasteiger charge is 2.41. The molecule has 1 aromatic carbocycles. The van der Waals surface area contributed by atoms with Crippen LogP contribution in [0.2, 0.25) is 5.02 Å². The zero-order chi connectivity index (χ0) is 22.1. The summed E-state index contributed by atoms with van der Waals surface area (Å²) in [5.41, 5.74) is 4.00. The lowest BCUT2D eigenvalue weighted by Gasteiger charge is -2.26. The second-order valence-electron chi connectivity index (χ2n) is 7.72. The fourth-order valence-electron chi connectivity index (χ4n) is 4.10. The maximum atomic E-state index is 6.42. The van der Waals surface area contributed by atoms with Crippen LogP contribution in [0, 0.1) is 6.92 Å². The average Bonchev–Trinajstić information content (AvgIpc) is 3.42. The van der Waals surface area contributed by atoms with Gasteiger partial charge >= 0.3 is 0 Å². The van der Waals surface area contributed by atoms with Gasteiger partial charge in [-0.05, 0) is 72.7 Å². The lowest BCUT2D eigenvalue weighted by Crippen LogP contribution is -2.29. The molecular weight excluding hydrogens is 440 g/mol. The number of aromatic nitrogens is 2. The second kappa shape index (κ2) is 8.73. The number of nitrogens with one attached hydrogen (secondary N) is 1. The van der Waals surface area contributed by atoms with E-state index in [-0.39, 0.29) is 12.1 Å². The van der Waals surface area contributed by atoms with E-state index in [1.54, 1.807) is 18.6 Å². The molecule has 160 valence electrons. The molecule has 1 fully saturated rings. The van der Waals surface area contributed by atoms with E-state index in [4.69, 9.17) is 28.2 Å². The molecule has 7 heteroatoms. The number of pyridine rings is 2. The molecule has 0 unspecified atom stereocenters. The topological polar surface area (TPSA) is 54.2 Å². The Labute approximate surface area is 197 Å². The zero-order valence-corrected chi connectivity index (χ0v) is 19.0. The maximum absolute atomic E-state index is 6.42. The van der Waals surface area contributed by atoms with Gasteiger partial charge in [0.2, 0.25) is 0 Å². The monoisotopic (exact) mass is 460 g/mol. The molecule has 0 amide bonds. The van der Waals surface area contributed by atoms with Crippen molar-refractivity contribution in [1.29, 1.82) is 0 Å². The maximum Gasteiger partial charge on any atom is 0.170 e. The minimum Gasteiger partial charge on any atom is -0.459 e. The van der Waals surface area contributed by atoms with Gasteiger partial charge in [0.1, 0.15) is 17.6 Å². The van der Waals surface area contributed by atoms with Crippen molar-refractivity contribution in [3.05, 3.63) is 107 Å². The molecule has 4 aromatic rings. The van der Waals surface area contributed by atoms with Gasteiger partial charge in [0.05, 0.1) is 11.7 Å². The lowest BCUT2D eigenvalue weighted by atomic mass is 10.0. The molecule has 1 aliphatic heterocycles. The number of hydrogen-bond donors (Lipinski definition) is 1. The SMILES string of the molecule is Cc1c(Cl)cccc1-c1ccc([C@@H]2[C@H](c3ccccn3)NC(=S)N2Cc2ccncc2)o1. The predicted molar refractivity (Wildman–Crippen MR) is 129 cm³/mol. The van der Waals surface area contributed by atoms with Crippen molar-refractivity contribution < 1.29 is 4.42 Å². The van der Waals surface area contributed by atoms with E-state index in [2.05, 4.69) is 20.2 Å². The molecule has 5 rings (SSSR count). The van der Waals surface area contributed by atoms with Crippen molar-refractivity contribution in [2.45, 2.75) is 25.6 Å². The Balaban J connectivity index is 1.56. The Kier molecular flexibility index (Phi) is 5.64. The summed E-state index contributed by atoms with van der Waals surface area (Å²) >= 11 is 12.1. The molecule has 1 N–H and O–H groups in total. The minimum absolute atomic E-state index is 0.134. The van der Waals surface area contributed by atoms with Crippen LogP contribution in [-0.2, 0) is 6.54 Å². The smallest absolute Gasteiger partial charge is 0.170 e. The summed E-state index contributed by atoms with van der Waals surface area (Å²) in [6, 6.07) is 19.5. The summed E-state index contributed by atoms with van der Waals surface area (Å²) in [6.45, 7) is 2.63. The number of thiocarbonyl (C=S) groups is 1. The van der Waals surface area contributed by atoms with E-state index in [1.165, 1.54) is 0 Å². The first kappa shape index (κ1) is 20.7. The van der Waals surface area contributed by atoms with Gasteiger partial charge in [-0.25, -0.2) is 0 Å². The third kappa shape index (κ3) is 3.87. The van der Waals surface area contributed by atoms with Gasteiger partial charge in [-0.3, -0.25) is 9.97 Å². The normalized spacial score (nSPS) is 18.1. The first-order valence-electron chi connectivity index (χ1n) is 10.3. The summed E-state index contributed by atoms with van der Waals surface area (Å²) < 4.78 is 6.42. The van der Waals surface area contributed by atoms with E-state index in [9.17, 15) is 0 Å². The van der Waals surface area contributed by atoms with Crippen LogP contribution in [0.1, 0.15) is 34.7 Å². The highest BCUT2D eigenvalue weighted by Crippen LogP contribution is 2.41. The van der Waals surface area contributed by atoms with Crippen LogP contribution >= 0.6 is 23.8 Å². The molecule has 0 bridgehead atoms. The van der Waals surface area contributed by atoms with Crippen LogP contribution in [0.25, 0.3) is 11.3 Å². The van der Waals surface area contributed by atoms with Crippen LogP contribution < -0.4 is 5.32 Å². The summed E-state index contributed by atoms with van der Waals surface area (Å²) in [6.07, 6.45) is 5.38. The first-order chi connectivity index (χ1) is 15.6. The quantitative estimate of drug-likeness (QED) is 0.376. The zero-order valence-electron chi connectivity index (χ0n) is 17.4. The van der Waals surface area contributed by atoms with Crippen molar-refractivity contribution in [1.82, 2.24) is 20.2 Å². The van der Waals surface area contributed by atoms with E-state index >= 15 is 0 Å². The number of rotatable bonds is 5. The number of hydrogen-bond acceptors (Lipinski definition) is 4. The van der Waals surface area contributed by atoms with Crippen LogP contribution in [0.3, 0.4) is 0 Å². The molecule has 3 aromatic heterocycles. The van der Waals surface area contributed by atoms with Gasteiger partial charge in [-0.15, -0.1) is 0 Å². The molecule has 2 atom stereocenters. The third-order valence-electron chi connectivity index (χ3n) is 5.75. The Hall–Kier alpha value is -3.22. The molecule has 0 spiro atoms. The van der Waals surface area contributed by atoms with E-state index < -0.39 is 0 Å². The van der Waals surface area contributed by atoms with Crippen LogP contribution in [0.4, 0.5) is 0 Å². The molecule has 0 aliphatic carbocycles. The molecule has 1 aliphatic rings. The van der Waals surface area contributed by atoms with E-state index in [1.807, 2.05) is 67.6 Å². The minimum atomic E-state index is -0.154. The molecule has 1 saturated heterocycles. The van der Waals surface area contributed by atoms with Crippen molar-refractivity contribution in [2.24, 2.45) is 0 Å². The van der Waals surface area contributed by atoms with Crippen LogP contribution in [-0.4, -0.2) is 20.0 Å². The fraction of sp³-hybridized carbons (Fsp3) is 0.160. The van der Waals surface area contributed by atoms with Gasteiger partial charge in [-0.1, -0.05) is 29.8 Å². The van der Waals surface area contributed by atoms with Crippen LogP contribution in [0.15, 0.2) is 83.7 Å². The highest BCUT2D eigenvalue weighted by atomic mass is 35.5. The second-order valence-corrected chi connectivity index (χ2v) is 8.52. The Morgan fingerprint density at radius 2 is 1.88 bits per heavy atom. The standard InChI is InChI=1S/C25H21ClN4OS/c1-16-18(5-4-6-19(16)26)21-8-9-22(31-21)24-23(20-7-2-3-12-28-20)29-25(32)30(24)15-17-10-13-27-14-11-17/h2-14,23-24H,15H2,1H3,(H,29,32)/t23-,24+/m0/s1. The number of nitrogens with zero attached hydrogens (tertiary/aromatic N) is 3. The largest absolute Gasteiger partial charge is 0.459 e. The summed E-state index contributed by atoms with van der Waals surface area (Å²) in [5.74, 6) is 1.60. The van der Waals surface area contributed by atoms with Gasteiger partial charge in [0.25, 0.3) is 0 Å². The molecule has 0 saturated carbocycles. The van der Waals surface area contributed by atoms with Gasteiger partial charge in [0, 0.05) is 35.7 Å². The molecule has 32 heavy (non-hydrogen) atoms. The Morgan fingerprint density at radius 3 is 2.66 bits per heavy atom. The molecular formula is C25H21ClN4OS. The summed E-state index contributed by atoms with van der Waals surface area (Å²) in [4.78, 5) is 10.9. The van der Waals surface area contributed by atoms with Crippen LogP contribution in [0.5, 0.6) is 0 Å². The number of halogens is 1. The lowest BCUT2D eigenvalue weighted by molar-refractivity contribution is 0.269. The molecule has 4 heterocycles. The van der Waals surface area contributed by atoms with Crippen molar-refractivity contribution >= 4 is 28.9 Å². The molecule has 0 radical (unpaired) electrons. The van der Waals surface area contributed by atoms with E-state index in [0.29, 0.717) is 11.7 Å². The summed E-state index contributed by atoms with van der Waals surface area (Å²) in [5, 5.41) is 4.84.